The molecule has 0 saturated heterocycles. The molecule has 190 valence electrons. The standard InChI is InChI=1S/C20H18F7N5O2S/c1-10(19(22,23)24)34-9-18(4-5-35-17(28)32-18)12-6-11(2-3-13(12)21)31-16(33)14-7-30-15(8-29-14)20(25,26)27/h2-3,6-8,10H,4-5,9H2,1H3,(H2,28,32)(H,31,33)/t10-,18+/m0/s1. The van der Waals surface area contributed by atoms with Gasteiger partial charge in [0.05, 0.1) is 19.0 Å². The first-order valence-corrected chi connectivity index (χ1v) is 10.9. The van der Waals surface area contributed by atoms with E-state index in [4.69, 9.17) is 10.5 Å². The summed E-state index contributed by atoms with van der Waals surface area (Å²) in [6, 6.07) is 3.27. The van der Waals surface area contributed by atoms with Crippen molar-refractivity contribution < 1.29 is 40.3 Å². The fraction of sp³-hybridized carbons (Fsp3) is 0.400. The largest absolute Gasteiger partial charge is 0.434 e. The number of aliphatic imine (C=N–C) groups is 1. The Balaban J connectivity index is 1.89. The fourth-order valence-electron chi connectivity index (χ4n) is 3.10. The monoisotopic (exact) mass is 525 g/mol. The Morgan fingerprint density at radius 1 is 1.23 bits per heavy atom. The Hall–Kier alpha value is -2.94. The van der Waals surface area contributed by atoms with Gasteiger partial charge in [-0.05, 0) is 31.5 Å². The minimum absolute atomic E-state index is 0.0108. The van der Waals surface area contributed by atoms with E-state index < -0.39 is 53.7 Å². The molecule has 15 heteroatoms. The number of thioether (sulfide) groups is 1. The summed E-state index contributed by atoms with van der Waals surface area (Å²) < 4.78 is 96.6. The third-order valence-corrected chi connectivity index (χ3v) is 5.82. The molecule has 1 aliphatic heterocycles. The second-order valence-corrected chi connectivity index (χ2v) is 8.62. The Morgan fingerprint density at radius 3 is 2.51 bits per heavy atom. The second kappa shape index (κ2) is 9.97. The van der Waals surface area contributed by atoms with Crippen molar-refractivity contribution in [1.82, 2.24) is 9.97 Å². The Morgan fingerprint density at radius 2 is 1.94 bits per heavy atom. The number of aromatic nitrogens is 2. The molecule has 0 aliphatic carbocycles. The number of carbonyl (C=O) groups excluding carboxylic acids is 1. The highest BCUT2D eigenvalue weighted by atomic mass is 32.2. The zero-order valence-electron chi connectivity index (χ0n) is 17.9. The van der Waals surface area contributed by atoms with E-state index in [1.807, 2.05) is 0 Å². The van der Waals surface area contributed by atoms with Gasteiger partial charge in [0.1, 0.15) is 17.1 Å². The molecule has 1 aliphatic rings. The molecule has 0 saturated carbocycles. The molecule has 0 fully saturated rings. The van der Waals surface area contributed by atoms with E-state index in [-0.39, 0.29) is 22.8 Å². The predicted molar refractivity (Wildman–Crippen MR) is 113 cm³/mol. The third kappa shape index (κ3) is 6.39. The van der Waals surface area contributed by atoms with Gasteiger partial charge < -0.3 is 15.8 Å². The number of amides is 1. The molecule has 0 bridgehead atoms. The molecule has 35 heavy (non-hydrogen) atoms. The van der Waals surface area contributed by atoms with Crippen LogP contribution in [-0.4, -0.2) is 45.7 Å². The summed E-state index contributed by atoms with van der Waals surface area (Å²) in [5.41, 5.74) is 2.25. The Kier molecular flexibility index (Phi) is 7.59. The number of rotatable bonds is 6. The molecular formula is C20H18F7N5O2S. The van der Waals surface area contributed by atoms with Gasteiger partial charge in [0.2, 0.25) is 0 Å². The first-order chi connectivity index (χ1) is 16.2. The van der Waals surface area contributed by atoms with Crippen LogP contribution in [0, 0.1) is 5.82 Å². The zero-order chi connectivity index (χ0) is 26.0. The van der Waals surface area contributed by atoms with E-state index >= 15 is 0 Å². The van der Waals surface area contributed by atoms with Gasteiger partial charge in [-0.3, -0.25) is 4.79 Å². The lowest BCUT2D eigenvalue weighted by atomic mass is 9.87. The minimum atomic E-state index is -4.74. The summed E-state index contributed by atoms with van der Waals surface area (Å²) in [6.45, 7) is 0.157. The van der Waals surface area contributed by atoms with Gasteiger partial charge >= 0.3 is 12.4 Å². The third-order valence-electron chi connectivity index (χ3n) is 5.02. The van der Waals surface area contributed by atoms with Crippen LogP contribution in [-0.2, 0) is 16.5 Å². The molecule has 2 atom stereocenters. The van der Waals surface area contributed by atoms with Gasteiger partial charge in [-0.2, -0.15) is 26.3 Å². The number of anilines is 1. The SMILES string of the molecule is C[C@H](OC[C@@]1(c2cc(NC(=O)c3cnc(C(F)(F)F)cn3)ccc2F)CCSC(N)=N1)C(F)(F)F. The number of nitrogens with zero attached hydrogens (tertiary/aromatic N) is 3. The van der Waals surface area contributed by atoms with Crippen molar-refractivity contribution in [2.75, 3.05) is 17.7 Å². The van der Waals surface area contributed by atoms with E-state index in [0.29, 0.717) is 18.1 Å². The number of nitrogens with two attached hydrogens (primary N) is 1. The van der Waals surface area contributed by atoms with E-state index in [2.05, 4.69) is 20.3 Å². The van der Waals surface area contributed by atoms with Crippen molar-refractivity contribution in [2.24, 2.45) is 10.7 Å². The fourth-order valence-corrected chi connectivity index (χ4v) is 3.99. The van der Waals surface area contributed by atoms with Gasteiger partial charge in [-0.25, -0.2) is 19.4 Å². The number of carbonyl (C=O) groups is 1. The van der Waals surface area contributed by atoms with Crippen LogP contribution in [0.3, 0.4) is 0 Å². The number of nitrogens with one attached hydrogen (secondary N) is 1. The van der Waals surface area contributed by atoms with E-state index in [0.717, 1.165) is 36.9 Å². The van der Waals surface area contributed by atoms with Crippen molar-refractivity contribution in [3.63, 3.8) is 0 Å². The number of amidine groups is 1. The van der Waals surface area contributed by atoms with Crippen molar-refractivity contribution in [1.29, 1.82) is 0 Å². The molecule has 1 aromatic heterocycles. The Bertz CT molecular complexity index is 1110. The molecule has 2 heterocycles. The first-order valence-electron chi connectivity index (χ1n) is 9.88. The van der Waals surface area contributed by atoms with Crippen LogP contribution in [0.25, 0.3) is 0 Å². The highest BCUT2D eigenvalue weighted by molar-refractivity contribution is 8.13. The minimum Gasteiger partial charge on any atom is -0.379 e. The molecule has 0 spiro atoms. The zero-order valence-corrected chi connectivity index (χ0v) is 18.7. The lowest BCUT2D eigenvalue weighted by Gasteiger charge is -2.35. The summed E-state index contributed by atoms with van der Waals surface area (Å²) in [6.07, 6.45) is -10.5. The van der Waals surface area contributed by atoms with Crippen LogP contribution >= 0.6 is 11.8 Å². The molecule has 0 unspecified atom stereocenters. The van der Waals surface area contributed by atoms with Gasteiger partial charge in [0, 0.05) is 17.0 Å². The normalized spacial score (nSPS) is 19.7. The Labute approximate surface area is 198 Å². The van der Waals surface area contributed by atoms with Gasteiger partial charge in [0.15, 0.2) is 17.0 Å². The van der Waals surface area contributed by atoms with Crippen molar-refractivity contribution in [3.8, 4) is 0 Å². The number of alkyl halides is 6. The topological polar surface area (TPSA) is 102 Å². The quantitative estimate of drug-likeness (QED) is 0.539. The van der Waals surface area contributed by atoms with Gasteiger partial charge in [0.25, 0.3) is 5.91 Å². The van der Waals surface area contributed by atoms with Crippen LogP contribution in [0.2, 0.25) is 0 Å². The lowest BCUT2D eigenvalue weighted by molar-refractivity contribution is -0.218. The second-order valence-electron chi connectivity index (χ2n) is 7.51. The maximum atomic E-state index is 14.9. The van der Waals surface area contributed by atoms with Crippen LogP contribution in [0.15, 0.2) is 35.6 Å². The maximum absolute atomic E-state index is 14.9. The summed E-state index contributed by atoms with van der Waals surface area (Å²) in [5, 5.41) is 2.37. The number of hydrogen-bond donors (Lipinski definition) is 2. The molecule has 1 aromatic carbocycles. The molecule has 2 aromatic rings. The number of benzene rings is 1. The van der Waals surface area contributed by atoms with Crippen LogP contribution in [0.5, 0.6) is 0 Å². The molecule has 3 N–H and O–H groups in total. The van der Waals surface area contributed by atoms with Crippen molar-refractivity contribution in [2.45, 2.75) is 37.3 Å². The number of halogens is 7. The highest BCUT2D eigenvalue weighted by Gasteiger charge is 2.42. The smallest absolute Gasteiger partial charge is 0.379 e. The lowest BCUT2D eigenvalue weighted by Crippen LogP contribution is -2.40. The molecule has 3 rings (SSSR count). The first kappa shape index (κ1) is 26.7. The van der Waals surface area contributed by atoms with Crippen molar-refractivity contribution in [3.05, 3.63) is 53.4 Å². The summed E-state index contributed by atoms with van der Waals surface area (Å²) in [4.78, 5) is 23.2. The van der Waals surface area contributed by atoms with E-state index in [1.165, 1.54) is 0 Å². The average Bonchev–Trinajstić information content (AvgIpc) is 2.77. The number of hydrogen-bond acceptors (Lipinski definition) is 7. The van der Waals surface area contributed by atoms with Crippen LogP contribution < -0.4 is 11.1 Å². The predicted octanol–water partition coefficient (Wildman–Crippen LogP) is 4.50. The van der Waals surface area contributed by atoms with Crippen LogP contribution in [0.4, 0.5) is 36.4 Å². The van der Waals surface area contributed by atoms with Gasteiger partial charge in [-0.1, -0.05) is 11.8 Å². The molecule has 0 radical (unpaired) electrons. The highest BCUT2D eigenvalue weighted by Crippen LogP contribution is 2.39. The summed E-state index contributed by atoms with van der Waals surface area (Å²) >= 11 is 1.14. The molecule has 7 nitrogen and oxygen atoms in total. The molecular weight excluding hydrogens is 507 g/mol. The maximum Gasteiger partial charge on any atom is 0.434 e. The average molecular weight is 525 g/mol. The van der Waals surface area contributed by atoms with Crippen molar-refractivity contribution >= 4 is 28.5 Å². The summed E-state index contributed by atoms with van der Waals surface area (Å²) in [7, 11) is 0. The summed E-state index contributed by atoms with van der Waals surface area (Å²) in [5.74, 6) is -1.46. The van der Waals surface area contributed by atoms with Gasteiger partial charge in [-0.15, -0.1) is 0 Å². The van der Waals surface area contributed by atoms with E-state index in [9.17, 15) is 35.5 Å². The number of ether oxygens (including phenoxy) is 1. The van der Waals surface area contributed by atoms with E-state index in [1.54, 1.807) is 0 Å². The van der Waals surface area contributed by atoms with Crippen LogP contribution in [0.1, 0.15) is 35.1 Å². The molecule has 1 amide bonds.